The Labute approximate surface area is 204 Å². The molecule has 0 spiro atoms. The van der Waals surface area contributed by atoms with Crippen molar-refractivity contribution in [3.05, 3.63) is 58.6 Å². The fourth-order valence-corrected chi connectivity index (χ4v) is 5.90. The van der Waals surface area contributed by atoms with Gasteiger partial charge in [0.2, 0.25) is 10.0 Å². The van der Waals surface area contributed by atoms with Gasteiger partial charge in [-0.25, -0.2) is 8.42 Å². The summed E-state index contributed by atoms with van der Waals surface area (Å²) in [5, 5.41) is 5.90. The van der Waals surface area contributed by atoms with Crippen LogP contribution in [0.5, 0.6) is 0 Å². The lowest BCUT2D eigenvalue weighted by Gasteiger charge is -2.26. The summed E-state index contributed by atoms with van der Waals surface area (Å²) >= 11 is 6.26. The number of nitrogens with zero attached hydrogens (tertiary/aromatic N) is 1. The molecular formula is C24H28ClN3O5S. The highest BCUT2D eigenvalue weighted by Gasteiger charge is 2.28. The van der Waals surface area contributed by atoms with Crippen LogP contribution in [0.3, 0.4) is 0 Å². The van der Waals surface area contributed by atoms with E-state index in [0.29, 0.717) is 24.5 Å². The minimum absolute atomic E-state index is 0.0125. The maximum absolute atomic E-state index is 13.1. The molecule has 2 aromatic carbocycles. The third-order valence-corrected chi connectivity index (χ3v) is 8.37. The van der Waals surface area contributed by atoms with Gasteiger partial charge in [0.25, 0.3) is 11.8 Å². The average Bonchev–Trinajstić information content (AvgIpc) is 2.85. The van der Waals surface area contributed by atoms with E-state index in [2.05, 4.69) is 10.6 Å². The van der Waals surface area contributed by atoms with E-state index in [-0.39, 0.29) is 40.5 Å². The molecule has 0 atom stereocenters. The van der Waals surface area contributed by atoms with E-state index < -0.39 is 15.9 Å². The Balaban J connectivity index is 1.54. The molecule has 2 fully saturated rings. The molecule has 8 nitrogen and oxygen atoms in total. The van der Waals surface area contributed by atoms with Crippen LogP contribution in [-0.2, 0) is 14.8 Å². The van der Waals surface area contributed by atoms with E-state index >= 15 is 0 Å². The summed E-state index contributed by atoms with van der Waals surface area (Å²) in [5.41, 5.74) is 0.687. The lowest BCUT2D eigenvalue weighted by atomic mass is 9.95. The molecule has 2 N–H and O–H groups in total. The van der Waals surface area contributed by atoms with Gasteiger partial charge in [-0.05, 0) is 43.2 Å². The Morgan fingerprint density at radius 1 is 0.941 bits per heavy atom. The molecule has 34 heavy (non-hydrogen) atoms. The van der Waals surface area contributed by atoms with Gasteiger partial charge in [0.1, 0.15) is 0 Å². The normalized spacial score (nSPS) is 17.8. The molecule has 0 aromatic heterocycles. The van der Waals surface area contributed by atoms with Crippen molar-refractivity contribution in [1.82, 2.24) is 9.62 Å². The summed E-state index contributed by atoms with van der Waals surface area (Å²) in [5.74, 6) is -0.848. The lowest BCUT2D eigenvalue weighted by molar-refractivity contribution is 0.0730. The molecule has 4 rings (SSSR count). The second-order valence-corrected chi connectivity index (χ2v) is 10.8. The molecule has 0 unspecified atom stereocenters. The quantitative estimate of drug-likeness (QED) is 0.623. The highest BCUT2D eigenvalue weighted by Crippen LogP contribution is 2.26. The number of amides is 2. The van der Waals surface area contributed by atoms with Gasteiger partial charge >= 0.3 is 0 Å². The Hall–Kier alpha value is -2.46. The van der Waals surface area contributed by atoms with E-state index in [1.807, 2.05) is 0 Å². The molecule has 2 aliphatic rings. The zero-order chi connectivity index (χ0) is 24.1. The lowest BCUT2D eigenvalue weighted by Crippen LogP contribution is -2.40. The van der Waals surface area contributed by atoms with Crippen LogP contribution in [0.4, 0.5) is 5.69 Å². The molecule has 1 saturated carbocycles. The second kappa shape index (κ2) is 10.9. The molecule has 1 aliphatic carbocycles. The summed E-state index contributed by atoms with van der Waals surface area (Å²) < 4.78 is 32.6. The predicted octanol–water partition coefficient (Wildman–Crippen LogP) is 3.68. The van der Waals surface area contributed by atoms with Crippen molar-refractivity contribution in [3.8, 4) is 0 Å². The monoisotopic (exact) mass is 505 g/mol. The summed E-state index contributed by atoms with van der Waals surface area (Å²) in [7, 11) is -3.80. The van der Waals surface area contributed by atoms with Gasteiger partial charge in [-0.3, -0.25) is 9.59 Å². The Morgan fingerprint density at radius 2 is 1.65 bits per heavy atom. The molecule has 2 amide bonds. The molecular weight excluding hydrogens is 478 g/mol. The van der Waals surface area contributed by atoms with Crippen molar-refractivity contribution >= 4 is 39.1 Å². The van der Waals surface area contributed by atoms with E-state index in [1.54, 1.807) is 24.3 Å². The maximum Gasteiger partial charge on any atom is 0.257 e. The smallest absolute Gasteiger partial charge is 0.257 e. The van der Waals surface area contributed by atoms with Crippen LogP contribution in [0.15, 0.2) is 47.4 Å². The number of sulfonamides is 1. The zero-order valence-electron chi connectivity index (χ0n) is 18.8. The Bertz CT molecular complexity index is 1160. The number of benzene rings is 2. The number of morpholine rings is 1. The molecule has 1 saturated heterocycles. The first-order chi connectivity index (χ1) is 16.4. The van der Waals surface area contributed by atoms with Crippen LogP contribution < -0.4 is 10.6 Å². The summed E-state index contributed by atoms with van der Waals surface area (Å²) in [4.78, 5) is 26.0. The van der Waals surface area contributed by atoms with Gasteiger partial charge in [-0.2, -0.15) is 4.31 Å². The van der Waals surface area contributed by atoms with E-state index in [1.165, 1.54) is 28.9 Å². The zero-order valence-corrected chi connectivity index (χ0v) is 20.3. The van der Waals surface area contributed by atoms with Crippen LogP contribution in [0.25, 0.3) is 0 Å². The predicted molar refractivity (Wildman–Crippen MR) is 130 cm³/mol. The number of hydrogen-bond acceptors (Lipinski definition) is 5. The van der Waals surface area contributed by atoms with Crippen molar-refractivity contribution < 1.29 is 22.7 Å². The van der Waals surface area contributed by atoms with Gasteiger partial charge < -0.3 is 15.4 Å². The molecule has 10 heteroatoms. The number of hydrogen-bond donors (Lipinski definition) is 2. The first-order valence-corrected chi connectivity index (χ1v) is 13.3. The van der Waals surface area contributed by atoms with Crippen molar-refractivity contribution in [3.63, 3.8) is 0 Å². The number of ether oxygens (including phenoxy) is 1. The van der Waals surface area contributed by atoms with Gasteiger partial charge in [-0.15, -0.1) is 0 Å². The molecule has 0 bridgehead atoms. The van der Waals surface area contributed by atoms with Crippen LogP contribution in [0, 0.1) is 0 Å². The number of para-hydroxylation sites is 1. The third kappa shape index (κ3) is 5.60. The van der Waals surface area contributed by atoms with Gasteiger partial charge in [0.15, 0.2) is 0 Å². The first kappa shape index (κ1) is 24.7. The van der Waals surface area contributed by atoms with E-state index in [0.717, 1.165) is 25.7 Å². The summed E-state index contributed by atoms with van der Waals surface area (Å²) in [6, 6.07) is 10.9. The largest absolute Gasteiger partial charge is 0.379 e. The number of anilines is 1. The van der Waals surface area contributed by atoms with Gasteiger partial charge in [-0.1, -0.05) is 43.0 Å². The van der Waals surface area contributed by atoms with Gasteiger partial charge in [0, 0.05) is 19.1 Å². The summed E-state index contributed by atoms with van der Waals surface area (Å²) in [6.45, 7) is 1.13. The van der Waals surface area contributed by atoms with Crippen molar-refractivity contribution in [1.29, 1.82) is 0 Å². The minimum atomic E-state index is -3.80. The molecule has 182 valence electrons. The van der Waals surface area contributed by atoms with Crippen molar-refractivity contribution in [2.24, 2.45) is 0 Å². The highest BCUT2D eigenvalue weighted by atomic mass is 35.5. The molecule has 1 aliphatic heterocycles. The SMILES string of the molecule is O=C(Nc1ccccc1C(=O)NC1CCCCC1)c1cc(S(=O)(=O)N2CCOCC2)ccc1Cl. The maximum atomic E-state index is 13.1. The van der Waals surface area contributed by atoms with Crippen LogP contribution in [0.2, 0.25) is 5.02 Å². The van der Waals surface area contributed by atoms with Crippen LogP contribution >= 0.6 is 11.6 Å². The van der Waals surface area contributed by atoms with Crippen molar-refractivity contribution in [2.45, 2.75) is 43.0 Å². The topological polar surface area (TPSA) is 105 Å². The van der Waals surface area contributed by atoms with Crippen molar-refractivity contribution in [2.75, 3.05) is 31.6 Å². The van der Waals surface area contributed by atoms with E-state index in [4.69, 9.17) is 16.3 Å². The third-order valence-electron chi connectivity index (χ3n) is 6.15. The number of carbonyl (C=O) groups is 2. The number of rotatable bonds is 6. The fraction of sp³-hybridized carbons (Fsp3) is 0.417. The molecule has 1 heterocycles. The highest BCUT2D eigenvalue weighted by molar-refractivity contribution is 7.89. The standard InChI is InChI=1S/C24H28ClN3O5S/c25-21-11-10-18(34(31,32)28-12-14-33-15-13-28)16-20(21)24(30)27-22-9-5-4-8-19(22)23(29)26-17-6-2-1-3-7-17/h4-5,8-11,16-17H,1-3,6-7,12-15H2,(H,26,29)(H,27,30). The molecule has 2 aromatic rings. The second-order valence-electron chi connectivity index (χ2n) is 8.47. The van der Waals surface area contributed by atoms with E-state index in [9.17, 15) is 18.0 Å². The Morgan fingerprint density at radius 3 is 2.38 bits per heavy atom. The minimum Gasteiger partial charge on any atom is -0.379 e. The molecule has 0 radical (unpaired) electrons. The average molecular weight is 506 g/mol. The van der Waals surface area contributed by atoms with Crippen LogP contribution in [-0.4, -0.2) is 56.9 Å². The number of nitrogens with one attached hydrogen (secondary N) is 2. The number of halogens is 1. The van der Waals surface area contributed by atoms with Crippen LogP contribution in [0.1, 0.15) is 52.8 Å². The first-order valence-electron chi connectivity index (χ1n) is 11.4. The number of carbonyl (C=O) groups excluding carboxylic acids is 2. The fourth-order valence-electron chi connectivity index (χ4n) is 4.26. The Kier molecular flexibility index (Phi) is 7.88. The summed E-state index contributed by atoms with van der Waals surface area (Å²) in [6.07, 6.45) is 5.25. The van der Waals surface area contributed by atoms with Gasteiger partial charge in [0.05, 0.1) is 39.9 Å².